The van der Waals surface area contributed by atoms with Crippen LogP contribution in [0.15, 0.2) is 0 Å². The van der Waals surface area contributed by atoms with Crippen molar-refractivity contribution in [3.8, 4) is 0 Å². The van der Waals surface area contributed by atoms with Crippen LogP contribution in [-0.2, 0) is 4.79 Å². The number of aliphatic carboxylic acids is 1. The normalized spacial score (nSPS) is 22.9. The van der Waals surface area contributed by atoms with Crippen LogP contribution in [0.25, 0.3) is 0 Å². The van der Waals surface area contributed by atoms with Crippen molar-refractivity contribution < 1.29 is 14.7 Å². The topological polar surface area (TPSA) is 81.7 Å². The van der Waals surface area contributed by atoms with Gasteiger partial charge in [-0.1, -0.05) is 19.8 Å². The van der Waals surface area contributed by atoms with E-state index in [1.807, 2.05) is 6.92 Å². The molecule has 2 amide bonds. The molecule has 0 bridgehead atoms. The summed E-state index contributed by atoms with van der Waals surface area (Å²) in [6.45, 7) is 5.06. The smallest absolute Gasteiger partial charge is 0.329 e. The van der Waals surface area contributed by atoms with E-state index in [-0.39, 0.29) is 0 Å². The molecule has 1 aliphatic rings. The number of hydrogen-bond donors (Lipinski definition) is 3. The van der Waals surface area contributed by atoms with Crippen LogP contribution in [0.1, 0.15) is 46.0 Å². The van der Waals surface area contributed by atoms with Gasteiger partial charge in [0.05, 0.1) is 0 Å². The van der Waals surface area contributed by atoms with Crippen LogP contribution in [0.2, 0.25) is 0 Å². The molecule has 2 unspecified atom stereocenters. The molecule has 2 atom stereocenters. The average molecular weight is 285 g/mol. The fourth-order valence-corrected chi connectivity index (χ4v) is 2.63. The van der Waals surface area contributed by atoms with Crippen LogP contribution >= 0.6 is 0 Å². The van der Waals surface area contributed by atoms with E-state index in [1.165, 1.54) is 12.8 Å². The van der Waals surface area contributed by atoms with Gasteiger partial charge in [-0.25, -0.2) is 9.59 Å². The molecular weight excluding hydrogens is 258 g/mol. The fraction of sp³-hybridized carbons (Fsp3) is 0.857. The third-order valence-electron chi connectivity index (χ3n) is 4.03. The number of carbonyl (C=O) groups excluding carboxylic acids is 1. The number of amides is 2. The zero-order chi connectivity index (χ0) is 15.2. The summed E-state index contributed by atoms with van der Waals surface area (Å²) < 4.78 is 0. The molecule has 0 aliphatic carbocycles. The number of hydrogen-bond acceptors (Lipinski definition) is 3. The van der Waals surface area contributed by atoms with E-state index in [0.29, 0.717) is 25.4 Å². The molecule has 20 heavy (non-hydrogen) atoms. The minimum absolute atomic E-state index is 0.344. The highest BCUT2D eigenvalue weighted by atomic mass is 16.4. The van der Waals surface area contributed by atoms with Gasteiger partial charge in [-0.2, -0.15) is 0 Å². The van der Waals surface area contributed by atoms with Crippen molar-refractivity contribution in [2.75, 3.05) is 20.1 Å². The number of rotatable bonds is 6. The highest BCUT2D eigenvalue weighted by Crippen LogP contribution is 2.14. The van der Waals surface area contributed by atoms with Crippen LogP contribution in [0.5, 0.6) is 0 Å². The van der Waals surface area contributed by atoms with Gasteiger partial charge in [0.25, 0.3) is 0 Å². The predicted molar refractivity (Wildman–Crippen MR) is 77.8 cm³/mol. The van der Waals surface area contributed by atoms with E-state index in [2.05, 4.69) is 22.6 Å². The van der Waals surface area contributed by atoms with Crippen molar-refractivity contribution in [2.24, 2.45) is 0 Å². The summed E-state index contributed by atoms with van der Waals surface area (Å²) in [6.07, 6.45) is 4.57. The fourth-order valence-electron chi connectivity index (χ4n) is 2.63. The maximum absolute atomic E-state index is 11.9. The first-order valence-corrected chi connectivity index (χ1v) is 7.38. The molecule has 3 N–H and O–H groups in total. The lowest BCUT2D eigenvalue weighted by molar-refractivity contribution is -0.144. The molecule has 1 aliphatic heterocycles. The summed E-state index contributed by atoms with van der Waals surface area (Å²) in [6, 6.07) is -0.0564. The third-order valence-corrected chi connectivity index (χ3v) is 4.03. The Balaban J connectivity index is 2.43. The molecule has 0 aromatic carbocycles. The van der Waals surface area contributed by atoms with Crippen LogP contribution in [0.3, 0.4) is 0 Å². The quantitative estimate of drug-likeness (QED) is 0.689. The first-order valence-electron chi connectivity index (χ1n) is 7.38. The van der Waals surface area contributed by atoms with E-state index in [9.17, 15) is 14.7 Å². The van der Waals surface area contributed by atoms with Gasteiger partial charge in [-0.15, -0.1) is 0 Å². The Morgan fingerprint density at radius 1 is 1.40 bits per heavy atom. The Hall–Kier alpha value is -1.30. The largest absolute Gasteiger partial charge is 0.480 e. The van der Waals surface area contributed by atoms with Crippen LogP contribution in [0, 0.1) is 0 Å². The van der Waals surface area contributed by atoms with Crippen molar-refractivity contribution in [3.63, 3.8) is 0 Å². The molecule has 1 rings (SSSR count). The zero-order valence-corrected chi connectivity index (χ0v) is 12.7. The van der Waals surface area contributed by atoms with Gasteiger partial charge in [-0.3, -0.25) is 0 Å². The highest BCUT2D eigenvalue weighted by Gasteiger charge is 2.34. The van der Waals surface area contributed by atoms with Crippen LogP contribution in [-0.4, -0.2) is 53.7 Å². The molecular formula is C14H27N3O3. The number of carbonyl (C=O) groups is 2. The molecule has 116 valence electrons. The van der Waals surface area contributed by atoms with Crippen molar-refractivity contribution >= 4 is 12.0 Å². The molecule has 0 aromatic heterocycles. The summed E-state index contributed by atoms with van der Waals surface area (Å²) in [5.41, 5.74) is -1.20. The maximum Gasteiger partial charge on any atom is 0.329 e. The van der Waals surface area contributed by atoms with E-state index in [4.69, 9.17) is 0 Å². The van der Waals surface area contributed by atoms with E-state index in [0.717, 1.165) is 13.0 Å². The van der Waals surface area contributed by atoms with Crippen molar-refractivity contribution in [1.82, 2.24) is 15.5 Å². The first-order chi connectivity index (χ1) is 9.39. The standard InChI is InChI=1S/C14H27N3O3/c1-4-8-14(2,12(18)19)16-13(20)15-10-11-7-5-6-9-17(11)3/h11H,4-10H2,1-3H3,(H,18,19)(H2,15,16,20). The summed E-state index contributed by atoms with van der Waals surface area (Å²) >= 11 is 0. The summed E-state index contributed by atoms with van der Waals surface area (Å²) in [7, 11) is 2.06. The summed E-state index contributed by atoms with van der Waals surface area (Å²) in [5, 5.41) is 14.6. The Bertz CT molecular complexity index is 349. The lowest BCUT2D eigenvalue weighted by Gasteiger charge is -2.33. The van der Waals surface area contributed by atoms with Gasteiger partial charge in [0.1, 0.15) is 5.54 Å². The molecule has 6 nitrogen and oxygen atoms in total. The van der Waals surface area contributed by atoms with Gasteiger partial charge in [-0.05, 0) is 39.8 Å². The number of nitrogens with zero attached hydrogens (tertiary/aromatic N) is 1. The van der Waals surface area contributed by atoms with Crippen LogP contribution in [0.4, 0.5) is 4.79 Å². The Labute approximate surface area is 120 Å². The van der Waals surface area contributed by atoms with Gasteiger partial charge in [0.2, 0.25) is 0 Å². The minimum atomic E-state index is -1.20. The zero-order valence-electron chi connectivity index (χ0n) is 12.7. The van der Waals surface area contributed by atoms with Gasteiger partial charge in [0.15, 0.2) is 0 Å². The Morgan fingerprint density at radius 3 is 2.65 bits per heavy atom. The monoisotopic (exact) mass is 285 g/mol. The van der Waals surface area contributed by atoms with Gasteiger partial charge >= 0.3 is 12.0 Å². The maximum atomic E-state index is 11.9. The van der Waals surface area contributed by atoms with Gasteiger partial charge < -0.3 is 20.6 Å². The second kappa shape index (κ2) is 7.47. The minimum Gasteiger partial charge on any atom is -0.480 e. The molecule has 1 saturated heterocycles. The Morgan fingerprint density at radius 2 is 2.10 bits per heavy atom. The second-order valence-corrected chi connectivity index (χ2v) is 5.85. The molecule has 0 aromatic rings. The van der Waals surface area contributed by atoms with Crippen molar-refractivity contribution in [1.29, 1.82) is 0 Å². The summed E-state index contributed by atoms with van der Waals surface area (Å²) in [5.74, 6) is -0.996. The first kappa shape index (κ1) is 16.8. The van der Waals surface area contributed by atoms with E-state index >= 15 is 0 Å². The molecule has 0 saturated carbocycles. The number of piperidine rings is 1. The van der Waals surface area contributed by atoms with Crippen molar-refractivity contribution in [3.05, 3.63) is 0 Å². The molecule has 0 spiro atoms. The molecule has 1 heterocycles. The molecule has 6 heteroatoms. The lowest BCUT2D eigenvalue weighted by Crippen LogP contribution is -2.56. The van der Waals surface area contributed by atoms with E-state index in [1.54, 1.807) is 6.92 Å². The second-order valence-electron chi connectivity index (χ2n) is 5.85. The highest BCUT2D eigenvalue weighted by molar-refractivity contribution is 5.85. The number of carboxylic acid groups (broad SMARTS) is 1. The lowest BCUT2D eigenvalue weighted by atomic mass is 9.96. The summed E-state index contributed by atoms with van der Waals surface area (Å²) in [4.78, 5) is 25.4. The van der Waals surface area contributed by atoms with Crippen LogP contribution < -0.4 is 10.6 Å². The molecule has 1 fully saturated rings. The average Bonchev–Trinajstić information content (AvgIpc) is 2.38. The third kappa shape index (κ3) is 4.67. The predicted octanol–water partition coefficient (Wildman–Crippen LogP) is 1.41. The Kier molecular flexibility index (Phi) is 6.26. The number of likely N-dealkylation sites (tertiary alicyclic amines) is 1. The van der Waals surface area contributed by atoms with Gasteiger partial charge in [0, 0.05) is 12.6 Å². The number of urea groups is 1. The molecule has 0 radical (unpaired) electrons. The number of carboxylic acids is 1. The number of likely N-dealkylation sites (N-methyl/N-ethyl adjacent to an activating group) is 1. The van der Waals surface area contributed by atoms with Crippen molar-refractivity contribution in [2.45, 2.75) is 57.5 Å². The number of nitrogens with one attached hydrogen (secondary N) is 2. The SMILES string of the molecule is CCCC(C)(NC(=O)NCC1CCCCN1C)C(=O)O. The van der Waals surface area contributed by atoms with E-state index < -0.39 is 17.5 Å².